The second-order valence-corrected chi connectivity index (χ2v) is 6.60. The van der Waals surface area contributed by atoms with Gasteiger partial charge in [0.25, 0.3) is 0 Å². The molecule has 1 amide bonds. The predicted molar refractivity (Wildman–Crippen MR) is 108 cm³/mol. The predicted octanol–water partition coefficient (Wildman–Crippen LogP) is 2.85. The molecule has 2 aromatic rings. The van der Waals surface area contributed by atoms with Crippen LogP contribution in [0, 0.1) is 0 Å². The van der Waals surface area contributed by atoms with E-state index in [-0.39, 0.29) is 12.3 Å². The third-order valence-electron chi connectivity index (χ3n) is 4.68. The molecule has 1 fully saturated rings. The minimum atomic E-state index is -0.0634. The van der Waals surface area contributed by atoms with Crippen LogP contribution in [0.25, 0.3) is 0 Å². The van der Waals surface area contributed by atoms with Gasteiger partial charge in [-0.15, -0.1) is 0 Å². The number of methoxy groups -OCH3 is 1. The quantitative estimate of drug-likeness (QED) is 0.813. The van der Waals surface area contributed by atoms with Gasteiger partial charge in [-0.3, -0.25) is 4.79 Å². The minimum absolute atomic E-state index is 0.0634. The van der Waals surface area contributed by atoms with E-state index in [0.717, 1.165) is 37.6 Å². The van der Waals surface area contributed by atoms with Crippen LogP contribution in [0.3, 0.4) is 0 Å². The molecule has 3 rings (SSSR count). The highest BCUT2D eigenvalue weighted by Crippen LogP contribution is 2.27. The number of carbonyl (C=O) groups excluding carboxylic acids is 1. The van der Waals surface area contributed by atoms with Crippen LogP contribution in [-0.4, -0.2) is 57.8 Å². The molecule has 1 aliphatic rings. The van der Waals surface area contributed by atoms with Gasteiger partial charge in [-0.05, 0) is 31.3 Å². The lowest BCUT2D eigenvalue weighted by Crippen LogP contribution is -2.44. The Morgan fingerprint density at radius 3 is 2.41 bits per heavy atom. The number of nitrogens with zero attached hydrogens (tertiary/aromatic N) is 2. The average molecular weight is 369 g/mol. The summed E-state index contributed by atoms with van der Waals surface area (Å²) in [6.07, 6.45) is 0.273. The highest BCUT2D eigenvalue weighted by Gasteiger charge is 2.17. The molecule has 27 heavy (non-hydrogen) atoms. The summed E-state index contributed by atoms with van der Waals surface area (Å²) in [7, 11) is 3.73. The van der Waals surface area contributed by atoms with E-state index >= 15 is 0 Å². The number of piperazine rings is 1. The Morgan fingerprint density at radius 1 is 1.00 bits per heavy atom. The Hall–Kier alpha value is -2.73. The molecule has 0 aromatic heterocycles. The van der Waals surface area contributed by atoms with Crippen LogP contribution >= 0.6 is 0 Å². The van der Waals surface area contributed by atoms with Crippen LogP contribution in [0.2, 0.25) is 0 Å². The molecule has 6 heteroatoms. The van der Waals surface area contributed by atoms with Crippen molar-refractivity contribution in [2.75, 3.05) is 57.2 Å². The Bertz CT molecular complexity index is 758. The number of para-hydroxylation sites is 4. The zero-order chi connectivity index (χ0) is 19.1. The summed E-state index contributed by atoms with van der Waals surface area (Å²) in [6, 6.07) is 15.4. The summed E-state index contributed by atoms with van der Waals surface area (Å²) in [5, 5.41) is 3.03. The molecule has 2 aromatic carbocycles. The van der Waals surface area contributed by atoms with Crippen molar-refractivity contribution in [2.45, 2.75) is 6.42 Å². The normalized spacial score (nSPS) is 14.7. The first-order valence-electron chi connectivity index (χ1n) is 9.25. The van der Waals surface area contributed by atoms with Gasteiger partial charge in [0.15, 0.2) is 11.5 Å². The van der Waals surface area contributed by atoms with Gasteiger partial charge in [-0.1, -0.05) is 24.3 Å². The number of benzene rings is 2. The van der Waals surface area contributed by atoms with E-state index in [4.69, 9.17) is 9.47 Å². The Labute approximate surface area is 160 Å². The topological polar surface area (TPSA) is 54.0 Å². The van der Waals surface area contributed by atoms with Crippen molar-refractivity contribution in [2.24, 2.45) is 0 Å². The molecule has 1 N–H and O–H groups in total. The van der Waals surface area contributed by atoms with Crippen molar-refractivity contribution in [1.29, 1.82) is 0 Å². The SMILES string of the molecule is COc1ccccc1OCCC(=O)Nc1ccccc1N1CCN(C)CC1. The number of ether oxygens (including phenoxy) is 2. The minimum Gasteiger partial charge on any atom is -0.493 e. The molecular weight excluding hydrogens is 342 g/mol. The summed E-state index contributed by atoms with van der Waals surface area (Å²) < 4.78 is 10.9. The van der Waals surface area contributed by atoms with Crippen molar-refractivity contribution in [1.82, 2.24) is 4.90 Å². The summed E-state index contributed by atoms with van der Waals surface area (Å²) in [5.74, 6) is 1.25. The van der Waals surface area contributed by atoms with Crippen molar-refractivity contribution < 1.29 is 14.3 Å². The maximum Gasteiger partial charge on any atom is 0.227 e. The average Bonchev–Trinajstić information content (AvgIpc) is 2.69. The fraction of sp³-hybridized carbons (Fsp3) is 0.381. The monoisotopic (exact) mass is 369 g/mol. The second kappa shape index (κ2) is 9.28. The standard InChI is InChI=1S/C21H27N3O3/c1-23-12-14-24(15-13-23)18-8-4-3-7-17(18)22-21(25)11-16-27-20-10-6-5-9-19(20)26-2/h3-10H,11-16H2,1-2H3,(H,22,25). The summed E-state index contributed by atoms with van der Waals surface area (Å²) in [4.78, 5) is 17.0. The Balaban J connectivity index is 1.55. The van der Waals surface area contributed by atoms with Crippen LogP contribution in [0.15, 0.2) is 48.5 Å². The van der Waals surface area contributed by atoms with Gasteiger partial charge in [0, 0.05) is 26.2 Å². The zero-order valence-electron chi connectivity index (χ0n) is 16.0. The summed E-state index contributed by atoms with van der Waals surface area (Å²) >= 11 is 0. The molecule has 0 radical (unpaired) electrons. The number of anilines is 2. The van der Waals surface area contributed by atoms with Crippen LogP contribution in [-0.2, 0) is 4.79 Å². The highest BCUT2D eigenvalue weighted by atomic mass is 16.5. The van der Waals surface area contributed by atoms with Gasteiger partial charge in [-0.2, -0.15) is 0 Å². The Morgan fingerprint density at radius 2 is 1.67 bits per heavy atom. The van der Waals surface area contributed by atoms with Gasteiger partial charge in [0.2, 0.25) is 5.91 Å². The molecule has 1 saturated heterocycles. The molecule has 0 bridgehead atoms. The molecular formula is C21H27N3O3. The number of rotatable bonds is 7. The van der Waals surface area contributed by atoms with Crippen LogP contribution in [0.4, 0.5) is 11.4 Å². The highest BCUT2D eigenvalue weighted by molar-refractivity contribution is 5.94. The second-order valence-electron chi connectivity index (χ2n) is 6.60. The molecule has 0 unspecified atom stereocenters. The first kappa shape index (κ1) is 19.0. The molecule has 0 aliphatic carbocycles. The molecule has 6 nitrogen and oxygen atoms in total. The van der Waals surface area contributed by atoms with E-state index in [9.17, 15) is 4.79 Å². The fourth-order valence-corrected chi connectivity index (χ4v) is 3.11. The third-order valence-corrected chi connectivity index (χ3v) is 4.68. The van der Waals surface area contributed by atoms with Crippen LogP contribution in [0.5, 0.6) is 11.5 Å². The third kappa shape index (κ3) is 5.14. The maximum atomic E-state index is 12.4. The zero-order valence-corrected chi connectivity index (χ0v) is 16.0. The van der Waals surface area contributed by atoms with Gasteiger partial charge in [0.1, 0.15) is 0 Å². The number of hydrogen-bond acceptors (Lipinski definition) is 5. The first-order valence-corrected chi connectivity index (χ1v) is 9.25. The van der Waals surface area contributed by atoms with Crippen LogP contribution in [0.1, 0.15) is 6.42 Å². The number of likely N-dealkylation sites (N-methyl/N-ethyl adjacent to an activating group) is 1. The lowest BCUT2D eigenvalue weighted by Gasteiger charge is -2.35. The van der Waals surface area contributed by atoms with Crippen molar-refractivity contribution in [3.05, 3.63) is 48.5 Å². The van der Waals surface area contributed by atoms with E-state index in [1.807, 2.05) is 42.5 Å². The molecule has 1 heterocycles. The largest absolute Gasteiger partial charge is 0.493 e. The number of carbonyl (C=O) groups is 1. The lowest BCUT2D eigenvalue weighted by molar-refractivity contribution is -0.116. The van der Waals surface area contributed by atoms with E-state index in [0.29, 0.717) is 18.1 Å². The smallest absolute Gasteiger partial charge is 0.227 e. The van der Waals surface area contributed by atoms with Crippen LogP contribution < -0.4 is 19.7 Å². The molecule has 0 atom stereocenters. The summed E-state index contributed by atoms with van der Waals surface area (Å²) in [5.41, 5.74) is 1.92. The lowest BCUT2D eigenvalue weighted by atomic mass is 10.2. The fourth-order valence-electron chi connectivity index (χ4n) is 3.11. The van der Waals surface area contributed by atoms with E-state index in [1.54, 1.807) is 7.11 Å². The number of amides is 1. The van der Waals surface area contributed by atoms with Gasteiger partial charge in [-0.25, -0.2) is 0 Å². The van der Waals surface area contributed by atoms with E-state index < -0.39 is 0 Å². The number of nitrogens with one attached hydrogen (secondary N) is 1. The Kier molecular flexibility index (Phi) is 6.54. The maximum absolute atomic E-state index is 12.4. The molecule has 0 saturated carbocycles. The molecule has 1 aliphatic heterocycles. The van der Waals surface area contributed by atoms with E-state index in [1.165, 1.54) is 0 Å². The first-order chi connectivity index (χ1) is 13.2. The van der Waals surface area contributed by atoms with Gasteiger partial charge < -0.3 is 24.6 Å². The summed E-state index contributed by atoms with van der Waals surface area (Å²) in [6.45, 7) is 4.26. The van der Waals surface area contributed by atoms with Crippen molar-refractivity contribution >= 4 is 17.3 Å². The van der Waals surface area contributed by atoms with Crippen molar-refractivity contribution in [3.63, 3.8) is 0 Å². The van der Waals surface area contributed by atoms with Gasteiger partial charge >= 0.3 is 0 Å². The van der Waals surface area contributed by atoms with E-state index in [2.05, 4.69) is 28.2 Å². The van der Waals surface area contributed by atoms with Crippen molar-refractivity contribution in [3.8, 4) is 11.5 Å². The molecule has 0 spiro atoms. The number of hydrogen-bond donors (Lipinski definition) is 1. The van der Waals surface area contributed by atoms with Gasteiger partial charge in [0.05, 0.1) is 31.5 Å². The molecule has 144 valence electrons.